The Bertz CT molecular complexity index is 1110. The number of carbonyl (C=O) groups is 1. The molecule has 0 amide bonds. The highest BCUT2D eigenvalue weighted by atomic mass is 35.5. The topological polar surface area (TPSA) is 70.3 Å². The van der Waals surface area contributed by atoms with Gasteiger partial charge in [0.2, 0.25) is 0 Å². The standard InChI is InChI=1S/C20H19ClN2O4.C2H6/c1-3-27-18(24)12-23-19(25)16-10-13(2)4-9-17(16)22(20(23)26)11-14-5-7-15(21)8-6-14;1-2/h4-10H,3,11-12H2,1-2H3;1-2H3. The third kappa shape index (κ3) is 5.15. The van der Waals surface area contributed by atoms with Crippen LogP contribution in [-0.4, -0.2) is 21.7 Å². The number of fused-ring (bicyclic) bond motifs is 1. The number of halogens is 1. The Hall–Kier alpha value is -2.86. The van der Waals surface area contributed by atoms with Gasteiger partial charge in [0.25, 0.3) is 5.56 Å². The van der Waals surface area contributed by atoms with Gasteiger partial charge in [-0.25, -0.2) is 9.36 Å². The van der Waals surface area contributed by atoms with E-state index in [1.54, 1.807) is 31.2 Å². The molecule has 6 nitrogen and oxygen atoms in total. The lowest BCUT2D eigenvalue weighted by Gasteiger charge is -2.14. The van der Waals surface area contributed by atoms with Crippen LogP contribution in [0.5, 0.6) is 0 Å². The monoisotopic (exact) mass is 416 g/mol. The fourth-order valence-electron chi connectivity index (χ4n) is 2.94. The molecule has 1 heterocycles. The van der Waals surface area contributed by atoms with Gasteiger partial charge in [-0.05, 0) is 43.7 Å². The first-order valence-electron chi connectivity index (χ1n) is 9.54. The van der Waals surface area contributed by atoms with E-state index in [4.69, 9.17) is 16.3 Å². The molecule has 0 fully saturated rings. The van der Waals surface area contributed by atoms with E-state index in [0.29, 0.717) is 15.9 Å². The van der Waals surface area contributed by atoms with E-state index in [1.807, 2.05) is 39.0 Å². The van der Waals surface area contributed by atoms with Crippen LogP contribution in [0, 0.1) is 6.92 Å². The predicted molar refractivity (Wildman–Crippen MR) is 116 cm³/mol. The SMILES string of the molecule is CC.CCOC(=O)Cn1c(=O)c2cc(C)ccc2n(Cc2ccc(Cl)cc2)c1=O. The maximum absolute atomic E-state index is 13.0. The normalized spacial score (nSPS) is 10.4. The summed E-state index contributed by atoms with van der Waals surface area (Å²) < 4.78 is 7.31. The smallest absolute Gasteiger partial charge is 0.332 e. The highest BCUT2D eigenvalue weighted by molar-refractivity contribution is 6.30. The summed E-state index contributed by atoms with van der Waals surface area (Å²) in [6.45, 7) is 7.54. The first kappa shape index (κ1) is 22.4. The molecule has 0 unspecified atom stereocenters. The minimum Gasteiger partial charge on any atom is -0.465 e. The van der Waals surface area contributed by atoms with E-state index in [1.165, 1.54) is 4.57 Å². The van der Waals surface area contributed by atoms with Crippen LogP contribution in [0.25, 0.3) is 10.9 Å². The van der Waals surface area contributed by atoms with Gasteiger partial charge in [-0.1, -0.05) is 49.2 Å². The number of rotatable bonds is 5. The second kappa shape index (κ2) is 10.1. The fourth-order valence-corrected chi connectivity index (χ4v) is 3.06. The van der Waals surface area contributed by atoms with Crippen molar-refractivity contribution in [1.82, 2.24) is 9.13 Å². The maximum Gasteiger partial charge on any atom is 0.332 e. The van der Waals surface area contributed by atoms with Gasteiger partial charge >= 0.3 is 11.7 Å². The van der Waals surface area contributed by atoms with Crippen molar-refractivity contribution in [2.24, 2.45) is 0 Å². The second-order valence-corrected chi connectivity index (χ2v) is 6.65. The third-order valence-corrected chi connectivity index (χ3v) is 4.48. The van der Waals surface area contributed by atoms with E-state index < -0.39 is 23.8 Å². The summed E-state index contributed by atoms with van der Waals surface area (Å²) in [5, 5.41) is 0.978. The lowest BCUT2D eigenvalue weighted by molar-refractivity contribution is -0.143. The molecule has 1 aromatic heterocycles. The van der Waals surface area contributed by atoms with Crippen molar-refractivity contribution >= 4 is 28.5 Å². The summed E-state index contributed by atoms with van der Waals surface area (Å²) in [6, 6.07) is 12.4. The predicted octanol–water partition coefficient (Wildman–Crippen LogP) is 3.76. The Labute approximate surface area is 174 Å². The molecule has 3 rings (SSSR count). The van der Waals surface area contributed by atoms with Gasteiger partial charge in [-0.3, -0.25) is 14.2 Å². The number of esters is 1. The van der Waals surface area contributed by atoms with Gasteiger partial charge in [0, 0.05) is 5.02 Å². The first-order valence-corrected chi connectivity index (χ1v) is 9.92. The van der Waals surface area contributed by atoms with E-state index in [2.05, 4.69) is 0 Å². The van der Waals surface area contributed by atoms with Crippen molar-refractivity contribution in [3.05, 3.63) is 79.5 Å². The number of carbonyl (C=O) groups excluding carboxylic acids is 1. The molecular weight excluding hydrogens is 392 g/mol. The van der Waals surface area contributed by atoms with Gasteiger partial charge in [-0.2, -0.15) is 0 Å². The number of hydrogen-bond donors (Lipinski definition) is 0. The molecule has 0 radical (unpaired) electrons. The third-order valence-electron chi connectivity index (χ3n) is 4.23. The molecule has 3 aromatic rings. The summed E-state index contributed by atoms with van der Waals surface area (Å²) in [4.78, 5) is 37.7. The van der Waals surface area contributed by atoms with Gasteiger partial charge in [0.1, 0.15) is 6.54 Å². The van der Waals surface area contributed by atoms with Crippen LogP contribution in [0.3, 0.4) is 0 Å². The van der Waals surface area contributed by atoms with Crippen molar-refractivity contribution in [3.63, 3.8) is 0 Å². The van der Waals surface area contributed by atoms with Gasteiger partial charge in [-0.15, -0.1) is 0 Å². The zero-order valence-electron chi connectivity index (χ0n) is 17.1. The molecule has 2 aromatic carbocycles. The summed E-state index contributed by atoms with van der Waals surface area (Å²) in [5.41, 5.74) is 1.20. The Morgan fingerprint density at radius 1 is 1.03 bits per heavy atom. The van der Waals surface area contributed by atoms with Crippen LogP contribution in [0.15, 0.2) is 52.1 Å². The van der Waals surface area contributed by atoms with Crippen LogP contribution in [0.2, 0.25) is 5.02 Å². The Morgan fingerprint density at radius 2 is 1.69 bits per heavy atom. The Balaban J connectivity index is 0.00000145. The number of aryl methyl sites for hydroxylation is 1. The minimum atomic E-state index is -0.623. The van der Waals surface area contributed by atoms with E-state index in [9.17, 15) is 14.4 Å². The molecular formula is C22H25ClN2O4. The number of ether oxygens (including phenoxy) is 1. The van der Waals surface area contributed by atoms with Crippen molar-refractivity contribution in [2.45, 2.75) is 40.8 Å². The number of benzene rings is 2. The second-order valence-electron chi connectivity index (χ2n) is 6.21. The quantitative estimate of drug-likeness (QED) is 0.594. The molecule has 0 bridgehead atoms. The highest BCUT2D eigenvalue weighted by Crippen LogP contribution is 2.14. The molecule has 0 N–H and O–H groups in total. The first-order chi connectivity index (χ1) is 13.9. The minimum absolute atomic E-state index is 0.180. The van der Waals surface area contributed by atoms with E-state index >= 15 is 0 Å². The molecule has 29 heavy (non-hydrogen) atoms. The zero-order valence-corrected chi connectivity index (χ0v) is 17.8. The largest absolute Gasteiger partial charge is 0.465 e. The van der Waals surface area contributed by atoms with Crippen molar-refractivity contribution in [1.29, 1.82) is 0 Å². The summed E-state index contributed by atoms with van der Waals surface area (Å²) in [5.74, 6) is -0.623. The Morgan fingerprint density at radius 3 is 2.31 bits per heavy atom. The Kier molecular flexibility index (Phi) is 7.79. The molecule has 0 atom stereocenters. The number of aromatic nitrogens is 2. The number of hydrogen-bond acceptors (Lipinski definition) is 4. The van der Waals surface area contributed by atoms with Gasteiger partial charge in [0.15, 0.2) is 0 Å². The average Bonchev–Trinajstić information content (AvgIpc) is 2.72. The van der Waals surface area contributed by atoms with Crippen molar-refractivity contribution < 1.29 is 9.53 Å². The highest BCUT2D eigenvalue weighted by Gasteiger charge is 2.16. The molecule has 0 saturated carbocycles. The van der Waals surface area contributed by atoms with Crippen LogP contribution >= 0.6 is 11.6 Å². The molecule has 0 aliphatic heterocycles. The van der Waals surface area contributed by atoms with Crippen molar-refractivity contribution in [3.8, 4) is 0 Å². The molecule has 154 valence electrons. The maximum atomic E-state index is 13.0. The molecule has 0 saturated heterocycles. The summed E-state index contributed by atoms with van der Waals surface area (Å²) in [6.07, 6.45) is 0. The number of nitrogens with zero attached hydrogens (tertiary/aromatic N) is 2. The lowest BCUT2D eigenvalue weighted by Crippen LogP contribution is -2.42. The van der Waals surface area contributed by atoms with Gasteiger partial charge < -0.3 is 4.74 Å². The van der Waals surface area contributed by atoms with Crippen LogP contribution in [-0.2, 0) is 22.6 Å². The van der Waals surface area contributed by atoms with E-state index in [0.717, 1.165) is 15.7 Å². The van der Waals surface area contributed by atoms with Gasteiger partial charge in [0.05, 0.1) is 24.1 Å². The zero-order chi connectivity index (χ0) is 21.6. The van der Waals surface area contributed by atoms with Crippen molar-refractivity contribution in [2.75, 3.05) is 6.61 Å². The average molecular weight is 417 g/mol. The summed E-state index contributed by atoms with van der Waals surface area (Å²) in [7, 11) is 0. The fraction of sp³-hybridized carbons (Fsp3) is 0.318. The van der Waals surface area contributed by atoms with Crippen LogP contribution < -0.4 is 11.2 Å². The van der Waals surface area contributed by atoms with Crippen LogP contribution in [0.4, 0.5) is 0 Å². The molecule has 0 aliphatic carbocycles. The summed E-state index contributed by atoms with van der Waals surface area (Å²) >= 11 is 5.93. The molecule has 7 heteroatoms. The molecule has 0 aliphatic rings. The molecule has 0 spiro atoms. The van der Waals surface area contributed by atoms with E-state index in [-0.39, 0.29) is 13.2 Å². The van der Waals surface area contributed by atoms with Crippen LogP contribution in [0.1, 0.15) is 31.9 Å². The lowest BCUT2D eigenvalue weighted by atomic mass is 10.1.